The third-order valence-corrected chi connectivity index (χ3v) is 2.96. The third-order valence-electron chi connectivity index (χ3n) is 2.63. The Labute approximate surface area is 126 Å². The van der Waals surface area contributed by atoms with E-state index in [9.17, 15) is 4.79 Å². The Hall–Kier alpha value is -2.71. The second-order valence-corrected chi connectivity index (χ2v) is 4.59. The number of hydrogen-bond acceptors (Lipinski definition) is 4. The van der Waals surface area contributed by atoms with Crippen LogP contribution in [0.1, 0.15) is 5.56 Å². The predicted octanol–water partition coefficient (Wildman–Crippen LogP) is 2.81. The summed E-state index contributed by atoms with van der Waals surface area (Å²) in [6.45, 7) is -0.232. The average Bonchev–Trinajstić information content (AvgIpc) is 2.49. The summed E-state index contributed by atoms with van der Waals surface area (Å²) in [7, 11) is 0. The zero-order valence-electron chi connectivity index (χ0n) is 11.0. The van der Waals surface area contributed by atoms with Gasteiger partial charge in [-0.1, -0.05) is 23.7 Å². The van der Waals surface area contributed by atoms with Crippen molar-refractivity contribution < 1.29 is 9.53 Å². The molecule has 0 fully saturated rings. The first-order valence-corrected chi connectivity index (χ1v) is 6.45. The second-order valence-electron chi connectivity index (χ2n) is 4.18. The van der Waals surface area contributed by atoms with Gasteiger partial charge < -0.3 is 15.8 Å². The van der Waals surface area contributed by atoms with E-state index in [0.717, 1.165) is 0 Å². The van der Waals surface area contributed by atoms with Crippen LogP contribution < -0.4 is 15.8 Å². The summed E-state index contributed by atoms with van der Waals surface area (Å²) in [5, 5.41) is 11.9. The molecular weight excluding hydrogens is 290 g/mol. The van der Waals surface area contributed by atoms with Crippen LogP contribution in [0.4, 0.5) is 11.4 Å². The highest BCUT2D eigenvalue weighted by molar-refractivity contribution is 6.33. The standard InChI is InChI=1S/C15H12ClN3O2/c16-12-6-5-11(18)7-13(12)19-15(20)9-21-14-4-2-1-3-10(14)8-17/h1-7H,9,18H2,(H,19,20). The van der Waals surface area contributed by atoms with E-state index in [4.69, 9.17) is 27.3 Å². The number of carbonyl (C=O) groups is 1. The number of amides is 1. The maximum Gasteiger partial charge on any atom is 0.262 e. The van der Waals surface area contributed by atoms with Crippen molar-refractivity contribution in [2.24, 2.45) is 0 Å². The molecule has 0 saturated heterocycles. The molecule has 0 aliphatic carbocycles. The lowest BCUT2D eigenvalue weighted by molar-refractivity contribution is -0.118. The van der Waals surface area contributed by atoms with Crippen LogP contribution >= 0.6 is 11.6 Å². The van der Waals surface area contributed by atoms with Crippen molar-refractivity contribution >= 4 is 28.9 Å². The lowest BCUT2D eigenvalue weighted by Crippen LogP contribution is -2.20. The van der Waals surface area contributed by atoms with Crippen LogP contribution in [0.15, 0.2) is 42.5 Å². The molecule has 0 unspecified atom stereocenters. The number of benzene rings is 2. The van der Waals surface area contributed by atoms with Crippen molar-refractivity contribution in [1.29, 1.82) is 5.26 Å². The van der Waals surface area contributed by atoms with E-state index in [1.807, 2.05) is 6.07 Å². The van der Waals surface area contributed by atoms with Crippen molar-refractivity contribution in [1.82, 2.24) is 0 Å². The summed E-state index contributed by atoms with van der Waals surface area (Å²) >= 11 is 5.95. The molecule has 0 bridgehead atoms. The molecule has 106 valence electrons. The summed E-state index contributed by atoms with van der Waals surface area (Å²) in [6, 6.07) is 13.5. The van der Waals surface area contributed by atoms with Gasteiger partial charge in [-0.15, -0.1) is 0 Å². The van der Waals surface area contributed by atoms with Gasteiger partial charge >= 0.3 is 0 Å². The molecule has 2 aromatic rings. The maximum atomic E-state index is 11.8. The normalized spacial score (nSPS) is 9.71. The van der Waals surface area contributed by atoms with Crippen molar-refractivity contribution in [3.8, 4) is 11.8 Å². The number of para-hydroxylation sites is 1. The average molecular weight is 302 g/mol. The van der Waals surface area contributed by atoms with Gasteiger partial charge in [0, 0.05) is 5.69 Å². The lowest BCUT2D eigenvalue weighted by atomic mass is 10.2. The summed E-state index contributed by atoms with van der Waals surface area (Å²) in [5.74, 6) is -0.0379. The van der Waals surface area contributed by atoms with Crippen LogP contribution in [0.3, 0.4) is 0 Å². The number of nitrogens with two attached hydrogens (primary N) is 1. The van der Waals surface area contributed by atoms with Crippen molar-refractivity contribution in [2.45, 2.75) is 0 Å². The van der Waals surface area contributed by atoms with Gasteiger partial charge in [-0.3, -0.25) is 4.79 Å². The van der Waals surface area contributed by atoms with Gasteiger partial charge in [0.1, 0.15) is 11.8 Å². The third kappa shape index (κ3) is 3.88. The highest BCUT2D eigenvalue weighted by atomic mass is 35.5. The SMILES string of the molecule is N#Cc1ccccc1OCC(=O)Nc1cc(N)ccc1Cl. The van der Waals surface area contributed by atoms with Crippen LogP contribution in [0.2, 0.25) is 5.02 Å². The van der Waals surface area contributed by atoms with E-state index in [1.54, 1.807) is 42.5 Å². The Morgan fingerprint density at radius 1 is 1.33 bits per heavy atom. The van der Waals surface area contributed by atoms with Gasteiger partial charge in [0.2, 0.25) is 0 Å². The van der Waals surface area contributed by atoms with Gasteiger partial charge in [0.15, 0.2) is 6.61 Å². The van der Waals surface area contributed by atoms with Crippen LogP contribution in [0.25, 0.3) is 0 Å². The highest BCUT2D eigenvalue weighted by Gasteiger charge is 2.09. The van der Waals surface area contributed by atoms with E-state index in [2.05, 4.69) is 5.32 Å². The number of hydrogen-bond donors (Lipinski definition) is 2. The van der Waals surface area contributed by atoms with Crippen LogP contribution in [-0.4, -0.2) is 12.5 Å². The Bertz CT molecular complexity index is 710. The number of rotatable bonds is 4. The van der Waals surface area contributed by atoms with Crippen LogP contribution in [-0.2, 0) is 4.79 Å². The highest BCUT2D eigenvalue weighted by Crippen LogP contribution is 2.24. The summed E-state index contributed by atoms with van der Waals surface area (Å²) in [4.78, 5) is 11.8. The van der Waals surface area contributed by atoms with E-state index < -0.39 is 5.91 Å². The van der Waals surface area contributed by atoms with Crippen molar-refractivity contribution in [2.75, 3.05) is 17.7 Å². The zero-order valence-corrected chi connectivity index (χ0v) is 11.7. The first kappa shape index (κ1) is 14.7. The molecule has 0 aliphatic heterocycles. The molecule has 2 aromatic carbocycles. The minimum atomic E-state index is -0.393. The van der Waals surface area contributed by atoms with Gasteiger partial charge in [0.05, 0.1) is 16.3 Å². The molecule has 0 aliphatic rings. The molecule has 6 heteroatoms. The maximum absolute atomic E-state index is 11.8. The van der Waals surface area contributed by atoms with Crippen LogP contribution in [0.5, 0.6) is 5.75 Å². The fourth-order valence-electron chi connectivity index (χ4n) is 1.65. The number of anilines is 2. The van der Waals surface area contributed by atoms with Gasteiger partial charge in [-0.05, 0) is 30.3 Å². The Morgan fingerprint density at radius 2 is 2.10 bits per heavy atom. The topological polar surface area (TPSA) is 88.1 Å². The minimum Gasteiger partial charge on any atom is -0.482 e. The monoisotopic (exact) mass is 301 g/mol. The first-order chi connectivity index (χ1) is 10.1. The lowest BCUT2D eigenvalue weighted by Gasteiger charge is -2.10. The van der Waals surface area contributed by atoms with Crippen LogP contribution in [0, 0.1) is 11.3 Å². The number of nitrogen functional groups attached to an aromatic ring is 1. The molecule has 0 radical (unpaired) electrons. The molecule has 0 spiro atoms. The van der Waals surface area contributed by atoms with Gasteiger partial charge in [-0.2, -0.15) is 5.26 Å². The largest absolute Gasteiger partial charge is 0.482 e. The Kier molecular flexibility index (Phi) is 4.64. The fourth-order valence-corrected chi connectivity index (χ4v) is 1.82. The Balaban J connectivity index is 2.00. The second kappa shape index (κ2) is 6.64. The molecular formula is C15H12ClN3O2. The van der Waals surface area contributed by atoms with Crippen molar-refractivity contribution in [3.05, 3.63) is 53.1 Å². The molecule has 2 rings (SSSR count). The quantitative estimate of drug-likeness (QED) is 0.850. The van der Waals surface area contributed by atoms with Gasteiger partial charge in [-0.25, -0.2) is 0 Å². The molecule has 0 heterocycles. The number of carbonyl (C=O) groups excluding carboxylic acids is 1. The Morgan fingerprint density at radius 3 is 2.86 bits per heavy atom. The van der Waals surface area contributed by atoms with Gasteiger partial charge in [0.25, 0.3) is 5.91 Å². The smallest absolute Gasteiger partial charge is 0.262 e. The van der Waals surface area contributed by atoms with E-state index in [1.165, 1.54) is 0 Å². The van der Waals surface area contributed by atoms with E-state index in [0.29, 0.717) is 27.7 Å². The van der Waals surface area contributed by atoms with E-state index in [-0.39, 0.29) is 6.61 Å². The summed E-state index contributed by atoms with van der Waals surface area (Å²) < 4.78 is 5.32. The number of halogens is 1. The summed E-state index contributed by atoms with van der Waals surface area (Å²) in [6.07, 6.45) is 0. The van der Waals surface area contributed by atoms with Crippen molar-refractivity contribution in [3.63, 3.8) is 0 Å². The minimum absolute atomic E-state index is 0.232. The number of nitrogens with one attached hydrogen (secondary N) is 1. The number of ether oxygens (including phenoxy) is 1. The first-order valence-electron chi connectivity index (χ1n) is 6.07. The number of nitrogens with zero attached hydrogens (tertiary/aromatic N) is 1. The molecule has 0 saturated carbocycles. The molecule has 5 nitrogen and oxygen atoms in total. The molecule has 0 atom stereocenters. The predicted molar refractivity (Wildman–Crippen MR) is 81.1 cm³/mol. The summed E-state index contributed by atoms with van der Waals surface area (Å²) in [5.41, 5.74) is 6.90. The number of nitriles is 1. The zero-order chi connectivity index (χ0) is 15.2. The van der Waals surface area contributed by atoms with E-state index >= 15 is 0 Å². The fraction of sp³-hybridized carbons (Fsp3) is 0.0667. The molecule has 3 N–H and O–H groups in total. The molecule has 1 amide bonds. The molecule has 21 heavy (non-hydrogen) atoms. The molecule has 0 aromatic heterocycles.